The Morgan fingerprint density at radius 3 is 2.48 bits per heavy atom. The highest BCUT2D eigenvalue weighted by atomic mass is 16.5. The fourth-order valence-electron chi connectivity index (χ4n) is 3.73. The van der Waals surface area contributed by atoms with Crippen molar-refractivity contribution in [1.29, 1.82) is 0 Å². The number of morpholine rings is 1. The quantitative estimate of drug-likeness (QED) is 0.674. The third-order valence-corrected chi connectivity index (χ3v) is 5.49. The van der Waals surface area contributed by atoms with Crippen molar-refractivity contribution in [3.63, 3.8) is 0 Å². The lowest BCUT2D eigenvalue weighted by atomic mass is 10.1. The van der Waals surface area contributed by atoms with E-state index in [0.717, 1.165) is 49.7 Å². The van der Waals surface area contributed by atoms with Gasteiger partial charge < -0.3 is 15.0 Å². The Kier molecular flexibility index (Phi) is 8.62. The van der Waals surface area contributed by atoms with Crippen LogP contribution in [0.1, 0.15) is 30.0 Å². The molecule has 0 bridgehead atoms. The molecule has 0 saturated carbocycles. The number of hydrogen-bond acceptors (Lipinski definition) is 4. The monoisotopic (exact) mass is 423 g/mol. The maximum Gasteiger partial charge on any atom is 0.227 e. The Balaban J connectivity index is 1.55. The molecular weight excluding hydrogens is 390 g/mol. The van der Waals surface area contributed by atoms with Crippen LogP contribution in [0.5, 0.6) is 0 Å². The van der Waals surface area contributed by atoms with Gasteiger partial charge in [-0.2, -0.15) is 0 Å². The highest BCUT2D eigenvalue weighted by molar-refractivity contribution is 5.93. The van der Waals surface area contributed by atoms with Gasteiger partial charge in [0.05, 0.1) is 26.2 Å². The largest absolute Gasteiger partial charge is 0.379 e. The third kappa shape index (κ3) is 7.19. The molecule has 3 rings (SSSR count). The van der Waals surface area contributed by atoms with Crippen molar-refractivity contribution in [2.24, 2.45) is 0 Å². The number of nitrogens with zero attached hydrogens (tertiary/aromatic N) is 2. The van der Waals surface area contributed by atoms with Crippen molar-refractivity contribution in [1.82, 2.24) is 10.2 Å². The molecule has 1 heterocycles. The molecule has 166 valence electrons. The van der Waals surface area contributed by atoms with Crippen LogP contribution in [-0.4, -0.2) is 56.1 Å². The third-order valence-electron chi connectivity index (χ3n) is 5.49. The molecule has 2 aromatic carbocycles. The van der Waals surface area contributed by atoms with Crippen molar-refractivity contribution in [2.75, 3.05) is 44.3 Å². The molecule has 1 N–H and O–H groups in total. The first-order valence-corrected chi connectivity index (χ1v) is 11.1. The van der Waals surface area contributed by atoms with Gasteiger partial charge in [-0.3, -0.25) is 14.5 Å². The summed E-state index contributed by atoms with van der Waals surface area (Å²) in [6.07, 6.45) is 0.780. The Morgan fingerprint density at radius 1 is 1.06 bits per heavy atom. The average Bonchev–Trinajstić information content (AvgIpc) is 2.78. The molecule has 1 aliphatic rings. The van der Waals surface area contributed by atoms with Crippen LogP contribution < -0.4 is 10.2 Å². The zero-order valence-corrected chi connectivity index (χ0v) is 18.6. The predicted octanol–water partition coefficient (Wildman–Crippen LogP) is 2.93. The minimum Gasteiger partial charge on any atom is -0.379 e. The minimum atomic E-state index is 0.0160. The van der Waals surface area contributed by atoms with Crippen LogP contribution in [-0.2, 0) is 27.3 Å². The molecule has 6 nitrogen and oxygen atoms in total. The summed E-state index contributed by atoms with van der Waals surface area (Å²) in [6.45, 7) is 9.34. The van der Waals surface area contributed by atoms with Crippen molar-refractivity contribution in [3.05, 3.63) is 65.2 Å². The summed E-state index contributed by atoms with van der Waals surface area (Å²) >= 11 is 0. The van der Waals surface area contributed by atoms with Crippen molar-refractivity contribution in [3.8, 4) is 0 Å². The van der Waals surface area contributed by atoms with E-state index in [-0.39, 0.29) is 11.8 Å². The number of carbonyl (C=O) groups is 2. The smallest absolute Gasteiger partial charge is 0.227 e. The van der Waals surface area contributed by atoms with Gasteiger partial charge in [0.25, 0.3) is 0 Å². The molecule has 0 radical (unpaired) electrons. The number of benzene rings is 2. The first-order chi connectivity index (χ1) is 15.0. The van der Waals surface area contributed by atoms with Crippen LogP contribution in [0, 0.1) is 6.92 Å². The molecule has 6 heteroatoms. The summed E-state index contributed by atoms with van der Waals surface area (Å²) in [5, 5.41) is 3.00. The van der Waals surface area contributed by atoms with Gasteiger partial charge in [-0.05, 0) is 30.2 Å². The van der Waals surface area contributed by atoms with Gasteiger partial charge in [0, 0.05) is 38.3 Å². The lowest BCUT2D eigenvalue weighted by Crippen LogP contribution is -2.41. The first kappa shape index (κ1) is 23.0. The number of anilines is 1. The number of rotatable bonds is 9. The second-order valence-electron chi connectivity index (χ2n) is 7.97. The standard InChI is InChI=1S/C25H33N3O3/c1-3-25(30)28(19-22-6-4-5-20(2)17-22)23-9-7-21(8-10-23)18-24(29)26-11-12-27-13-15-31-16-14-27/h4-10,17H,3,11-16,18-19H2,1-2H3,(H,26,29). The summed E-state index contributed by atoms with van der Waals surface area (Å²) in [7, 11) is 0. The maximum atomic E-state index is 12.6. The summed E-state index contributed by atoms with van der Waals surface area (Å²) in [5.74, 6) is 0.0948. The fourth-order valence-corrected chi connectivity index (χ4v) is 3.73. The van der Waals surface area contributed by atoms with E-state index in [4.69, 9.17) is 4.74 Å². The van der Waals surface area contributed by atoms with Gasteiger partial charge in [0.15, 0.2) is 0 Å². The number of aryl methyl sites for hydroxylation is 1. The highest BCUT2D eigenvalue weighted by Gasteiger charge is 2.15. The number of carbonyl (C=O) groups excluding carboxylic acids is 2. The zero-order chi connectivity index (χ0) is 22.1. The van der Waals surface area contributed by atoms with Gasteiger partial charge in [-0.15, -0.1) is 0 Å². The van der Waals surface area contributed by atoms with Gasteiger partial charge in [0.1, 0.15) is 0 Å². The SMILES string of the molecule is CCC(=O)N(Cc1cccc(C)c1)c1ccc(CC(=O)NCCN2CCOCC2)cc1. The molecule has 31 heavy (non-hydrogen) atoms. The fraction of sp³-hybridized carbons (Fsp3) is 0.440. The number of ether oxygens (including phenoxy) is 1. The van der Waals surface area contributed by atoms with Gasteiger partial charge in [-0.1, -0.05) is 48.9 Å². The van der Waals surface area contributed by atoms with Crippen LogP contribution in [0.15, 0.2) is 48.5 Å². The second kappa shape index (κ2) is 11.6. The maximum absolute atomic E-state index is 12.6. The van der Waals surface area contributed by atoms with E-state index < -0.39 is 0 Å². The number of amides is 2. The summed E-state index contributed by atoms with van der Waals surface area (Å²) in [5.41, 5.74) is 4.07. The van der Waals surface area contributed by atoms with Crippen LogP contribution >= 0.6 is 0 Å². The van der Waals surface area contributed by atoms with E-state index in [1.54, 1.807) is 4.90 Å². The Labute approximate surface area is 185 Å². The topological polar surface area (TPSA) is 61.9 Å². The van der Waals surface area contributed by atoms with E-state index >= 15 is 0 Å². The second-order valence-corrected chi connectivity index (χ2v) is 7.97. The summed E-state index contributed by atoms with van der Waals surface area (Å²) in [6, 6.07) is 15.9. The molecule has 0 aliphatic carbocycles. The molecule has 2 amide bonds. The minimum absolute atomic E-state index is 0.0160. The normalized spacial score (nSPS) is 14.3. The number of hydrogen-bond donors (Lipinski definition) is 1. The molecule has 0 unspecified atom stereocenters. The molecule has 1 saturated heterocycles. The Morgan fingerprint density at radius 2 is 1.81 bits per heavy atom. The van der Waals surface area contributed by atoms with Crippen LogP contribution in [0.4, 0.5) is 5.69 Å². The van der Waals surface area contributed by atoms with Crippen LogP contribution in [0.2, 0.25) is 0 Å². The Hall–Kier alpha value is -2.70. The zero-order valence-electron chi connectivity index (χ0n) is 18.6. The molecule has 0 aromatic heterocycles. The van der Waals surface area contributed by atoms with Gasteiger partial charge in [0.2, 0.25) is 11.8 Å². The molecule has 1 aliphatic heterocycles. The summed E-state index contributed by atoms with van der Waals surface area (Å²) in [4.78, 5) is 28.9. The van der Waals surface area contributed by atoms with Crippen molar-refractivity contribution >= 4 is 17.5 Å². The van der Waals surface area contributed by atoms with Gasteiger partial charge in [-0.25, -0.2) is 0 Å². The lowest BCUT2D eigenvalue weighted by Gasteiger charge is -2.26. The average molecular weight is 424 g/mol. The molecular formula is C25H33N3O3. The van der Waals surface area contributed by atoms with E-state index in [1.165, 1.54) is 5.56 Å². The summed E-state index contributed by atoms with van der Waals surface area (Å²) < 4.78 is 5.34. The van der Waals surface area contributed by atoms with E-state index in [0.29, 0.717) is 25.9 Å². The molecule has 0 spiro atoms. The first-order valence-electron chi connectivity index (χ1n) is 11.1. The Bertz CT molecular complexity index is 861. The van der Waals surface area contributed by atoms with Crippen molar-refractivity contribution < 1.29 is 14.3 Å². The lowest BCUT2D eigenvalue weighted by molar-refractivity contribution is -0.120. The van der Waals surface area contributed by atoms with E-state index in [1.807, 2.05) is 43.3 Å². The molecule has 0 atom stereocenters. The highest BCUT2D eigenvalue weighted by Crippen LogP contribution is 2.20. The van der Waals surface area contributed by atoms with E-state index in [2.05, 4.69) is 29.3 Å². The van der Waals surface area contributed by atoms with Crippen LogP contribution in [0.25, 0.3) is 0 Å². The van der Waals surface area contributed by atoms with Crippen LogP contribution in [0.3, 0.4) is 0 Å². The number of nitrogens with one attached hydrogen (secondary N) is 1. The molecule has 2 aromatic rings. The molecule has 1 fully saturated rings. The van der Waals surface area contributed by atoms with Gasteiger partial charge >= 0.3 is 0 Å². The van der Waals surface area contributed by atoms with E-state index in [9.17, 15) is 9.59 Å². The van der Waals surface area contributed by atoms with Crippen molar-refractivity contribution in [2.45, 2.75) is 33.2 Å². The predicted molar refractivity (Wildman–Crippen MR) is 123 cm³/mol.